The predicted octanol–water partition coefficient (Wildman–Crippen LogP) is 0.644. The lowest BCUT2D eigenvalue weighted by Gasteiger charge is -2.32. The smallest absolute Gasteiger partial charge is 0.414 e. The van der Waals surface area contributed by atoms with E-state index < -0.39 is 54.2 Å². The molecule has 2 amide bonds. The standard InChI is InChI=1S/C21H21F2N3O8/c22-14-6-12(26-8-13(34-21(26)31)10-32-17-2-4-33-24-17)7-15(23)19(14)11-1-3-25(18(29)5-11)20(30)16(28)9-27/h2,4-7,13,16,18,27-29H,1,3,8-10H2/t13-,16+,18?/m1/s1. The van der Waals surface area contributed by atoms with E-state index in [1.165, 1.54) is 12.3 Å². The quantitative estimate of drug-likeness (QED) is 0.519. The summed E-state index contributed by atoms with van der Waals surface area (Å²) in [6.07, 6.45) is -2.37. The second kappa shape index (κ2) is 9.75. The van der Waals surface area contributed by atoms with Crippen LogP contribution >= 0.6 is 0 Å². The molecule has 34 heavy (non-hydrogen) atoms. The zero-order chi connectivity index (χ0) is 24.4. The molecular formula is C21H21F2N3O8. The zero-order valence-electron chi connectivity index (χ0n) is 17.6. The van der Waals surface area contributed by atoms with E-state index in [1.807, 2.05) is 0 Å². The molecule has 0 aliphatic carbocycles. The average Bonchev–Trinajstić information content (AvgIpc) is 3.45. The van der Waals surface area contributed by atoms with Crippen LogP contribution in [0.3, 0.4) is 0 Å². The molecule has 1 unspecified atom stereocenters. The number of hydrogen-bond acceptors (Lipinski definition) is 9. The average molecular weight is 481 g/mol. The summed E-state index contributed by atoms with van der Waals surface area (Å²) in [5.41, 5.74) is -0.358. The van der Waals surface area contributed by atoms with Crippen molar-refractivity contribution < 1.29 is 47.7 Å². The van der Waals surface area contributed by atoms with Gasteiger partial charge in [-0.05, 0) is 35.4 Å². The van der Waals surface area contributed by atoms with Crippen LogP contribution in [0.15, 0.2) is 35.1 Å². The van der Waals surface area contributed by atoms with Crippen LogP contribution in [0.25, 0.3) is 5.57 Å². The minimum Gasteiger partial charge on any atom is -0.471 e. The van der Waals surface area contributed by atoms with Crippen molar-refractivity contribution in [1.82, 2.24) is 10.1 Å². The number of amides is 2. The molecule has 0 spiro atoms. The molecule has 0 radical (unpaired) electrons. The van der Waals surface area contributed by atoms with Crippen molar-refractivity contribution >= 4 is 23.3 Å². The van der Waals surface area contributed by atoms with E-state index in [4.69, 9.17) is 14.6 Å². The summed E-state index contributed by atoms with van der Waals surface area (Å²) in [5.74, 6) is -2.65. The van der Waals surface area contributed by atoms with Gasteiger partial charge >= 0.3 is 6.09 Å². The van der Waals surface area contributed by atoms with Gasteiger partial charge in [0.2, 0.25) is 0 Å². The summed E-state index contributed by atoms with van der Waals surface area (Å²) in [6, 6.07) is 3.42. The fraction of sp³-hybridized carbons (Fsp3) is 0.381. The zero-order valence-corrected chi connectivity index (χ0v) is 17.6. The highest BCUT2D eigenvalue weighted by Crippen LogP contribution is 2.33. The molecule has 13 heteroatoms. The highest BCUT2D eigenvalue weighted by Gasteiger charge is 2.35. The second-order valence-corrected chi connectivity index (χ2v) is 7.63. The van der Waals surface area contributed by atoms with Gasteiger partial charge in [-0.15, -0.1) is 0 Å². The minimum atomic E-state index is -1.71. The molecule has 0 bridgehead atoms. The first-order valence-electron chi connectivity index (χ1n) is 10.3. The normalized spacial score (nSPS) is 21.3. The highest BCUT2D eigenvalue weighted by atomic mass is 19.1. The van der Waals surface area contributed by atoms with Gasteiger partial charge < -0.3 is 34.2 Å². The van der Waals surface area contributed by atoms with Gasteiger partial charge in [-0.2, -0.15) is 0 Å². The number of aliphatic hydroxyl groups is 3. The van der Waals surface area contributed by atoms with Gasteiger partial charge in [0, 0.05) is 18.2 Å². The number of ether oxygens (including phenoxy) is 2. The van der Waals surface area contributed by atoms with E-state index in [0.29, 0.717) is 0 Å². The number of rotatable bonds is 7. The lowest BCUT2D eigenvalue weighted by atomic mass is 9.96. The Morgan fingerprint density at radius 2 is 2.06 bits per heavy atom. The molecule has 2 aliphatic heterocycles. The Balaban J connectivity index is 1.48. The molecule has 3 atom stereocenters. The molecule has 3 N–H and O–H groups in total. The van der Waals surface area contributed by atoms with Crippen molar-refractivity contribution in [2.45, 2.75) is 24.9 Å². The molecule has 2 aromatic rings. The summed E-state index contributed by atoms with van der Waals surface area (Å²) >= 11 is 0. The predicted molar refractivity (Wildman–Crippen MR) is 109 cm³/mol. The first-order valence-corrected chi connectivity index (χ1v) is 10.3. The van der Waals surface area contributed by atoms with Crippen LogP contribution < -0.4 is 9.64 Å². The maximum absolute atomic E-state index is 14.9. The van der Waals surface area contributed by atoms with Crippen LogP contribution in [0.2, 0.25) is 0 Å². The second-order valence-electron chi connectivity index (χ2n) is 7.63. The van der Waals surface area contributed by atoms with Gasteiger partial charge in [0.25, 0.3) is 11.8 Å². The fourth-order valence-corrected chi connectivity index (χ4v) is 3.74. The number of carbonyl (C=O) groups is 2. The van der Waals surface area contributed by atoms with Crippen LogP contribution in [-0.4, -0.2) is 82.1 Å². The van der Waals surface area contributed by atoms with E-state index in [1.54, 1.807) is 0 Å². The molecule has 4 rings (SSSR count). The molecule has 1 aromatic heterocycles. The van der Waals surface area contributed by atoms with Gasteiger partial charge in [0.1, 0.15) is 30.7 Å². The molecule has 1 saturated heterocycles. The first-order chi connectivity index (χ1) is 16.3. The number of cyclic esters (lactones) is 1. The van der Waals surface area contributed by atoms with Crippen molar-refractivity contribution in [3.8, 4) is 5.88 Å². The SMILES string of the molecule is O=C1O[C@@H](COc2ccon2)CN1c1cc(F)c(C2=CC(O)N(C(=O)[C@@H](O)CO)CC2)c(F)c1. The number of aliphatic hydroxyl groups excluding tert-OH is 3. The fourth-order valence-electron chi connectivity index (χ4n) is 3.74. The molecule has 1 fully saturated rings. The third-order valence-corrected chi connectivity index (χ3v) is 5.40. The van der Waals surface area contributed by atoms with E-state index in [-0.39, 0.29) is 43.3 Å². The van der Waals surface area contributed by atoms with Gasteiger partial charge in [-0.1, -0.05) is 0 Å². The molecule has 2 aliphatic rings. The van der Waals surface area contributed by atoms with Crippen LogP contribution in [0.4, 0.5) is 19.3 Å². The Kier molecular flexibility index (Phi) is 6.77. The maximum Gasteiger partial charge on any atom is 0.414 e. The lowest BCUT2D eigenvalue weighted by molar-refractivity contribution is -0.149. The molecule has 3 heterocycles. The number of anilines is 1. The summed E-state index contributed by atoms with van der Waals surface area (Å²) in [7, 11) is 0. The minimum absolute atomic E-state index is 0.0125. The van der Waals surface area contributed by atoms with Gasteiger partial charge in [0.05, 0.1) is 18.8 Å². The van der Waals surface area contributed by atoms with Crippen LogP contribution in [-0.2, 0) is 9.53 Å². The number of benzene rings is 1. The van der Waals surface area contributed by atoms with Gasteiger partial charge in [-0.3, -0.25) is 9.69 Å². The summed E-state index contributed by atoms with van der Waals surface area (Å²) < 4.78 is 45.0. The van der Waals surface area contributed by atoms with Crippen LogP contribution in [0.5, 0.6) is 5.88 Å². The maximum atomic E-state index is 14.9. The summed E-state index contributed by atoms with van der Waals surface area (Å²) in [5, 5.41) is 32.1. The van der Waals surface area contributed by atoms with Gasteiger partial charge in [0.15, 0.2) is 12.2 Å². The Hall–Kier alpha value is -3.55. The van der Waals surface area contributed by atoms with E-state index >= 15 is 0 Å². The van der Waals surface area contributed by atoms with Crippen molar-refractivity contribution in [2.24, 2.45) is 0 Å². The van der Waals surface area contributed by atoms with E-state index in [0.717, 1.165) is 28.0 Å². The van der Waals surface area contributed by atoms with Crippen LogP contribution in [0, 0.1) is 11.6 Å². The van der Waals surface area contributed by atoms with Crippen molar-refractivity contribution in [1.29, 1.82) is 0 Å². The largest absolute Gasteiger partial charge is 0.471 e. The number of halogens is 2. The summed E-state index contributed by atoms with van der Waals surface area (Å²) in [4.78, 5) is 26.2. The van der Waals surface area contributed by atoms with Crippen molar-refractivity contribution in [3.05, 3.63) is 47.7 Å². The monoisotopic (exact) mass is 481 g/mol. The van der Waals surface area contributed by atoms with E-state index in [2.05, 4.69) is 9.68 Å². The molecule has 11 nitrogen and oxygen atoms in total. The van der Waals surface area contributed by atoms with Crippen molar-refractivity contribution in [3.63, 3.8) is 0 Å². The van der Waals surface area contributed by atoms with E-state index in [9.17, 15) is 28.6 Å². The van der Waals surface area contributed by atoms with Crippen molar-refractivity contribution in [2.75, 3.05) is 31.2 Å². The Bertz CT molecular complexity index is 1070. The third-order valence-electron chi connectivity index (χ3n) is 5.40. The topological polar surface area (TPSA) is 146 Å². The van der Waals surface area contributed by atoms with Gasteiger partial charge in [-0.25, -0.2) is 13.6 Å². The molecular weight excluding hydrogens is 460 g/mol. The first kappa shape index (κ1) is 23.6. The Labute approximate surface area is 191 Å². The lowest BCUT2D eigenvalue weighted by Crippen LogP contribution is -2.48. The number of aromatic nitrogens is 1. The Morgan fingerprint density at radius 1 is 1.32 bits per heavy atom. The van der Waals surface area contributed by atoms with Crippen LogP contribution in [0.1, 0.15) is 12.0 Å². The number of nitrogens with zero attached hydrogens (tertiary/aromatic N) is 3. The summed E-state index contributed by atoms with van der Waals surface area (Å²) in [6.45, 7) is -1.01. The molecule has 182 valence electrons. The highest BCUT2D eigenvalue weighted by molar-refractivity contribution is 5.90. The number of carbonyl (C=O) groups excluding carboxylic acids is 2. The third kappa shape index (κ3) is 4.71. The Morgan fingerprint density at radius 3 is 2.68 bits per heavy atom. The molecule has 1 aromatic carbocycles. The molecule has 0 saturated carbocycles. The number of hydrogen-bond donors (Lipinski definition) is 3.